The second kappa shape index (κ2) is 30.2. The van der Waals surface area contributed by atoms with Crippen molar-refractivity contribution in [1.82, 2.24) is 9.97 Å². The number of carbonyl (C=O) groups excluding carboxylic acids is 6. The molecule has 0 saturated carbocycles. The summed E-state index contributed by atoms with van der Waals surface area (Å²) in [5.41, 5.74) is 0.840. The van der Waals surface area contributed by atoms with E-state index in [1.807, 2.05) is 66.7 Å². The molecule has 1 aliphatic rings. The SMILES string of the molecule is CCC(C)(C)C(=O)Nc1ccc(S(=O)(=O)Nc2nccs2)cc1.CCC(C)(C)C(=O)Nc1ccc(S(=O)(=O)Nc2nccs2)cc1.CC[C@H](C)C(=O)OCCOC(=O)CCC(=O)O.C[C@@H]1C(=O)N(c2ccccc2)C(=O)[C@@H]1C. The summed E-state index contributed by atoms with van der Waals surface area (Å²) in [5, 5.41) is 17.9. The highest BCUT2D eigenvalue weighted by molar-refractivity contribution is 7.93. The van der Waals surface area contributed by atoms with Crippen LogP contribution < -0.4 is 25.0 Å². The largest absolute Gasteiger partial charge is 0.481 e. The number of sulfonamides is 2. The van der Waals surface area contributed by atoms with Crippen LogP contribution in [0.25, 0.3) is 0 Å². The van der Waals surface area contributed by atoms with Crippen molar-refractivity contribution in [2.45, 2.75) is 111 Å². The smallest absolute Gasteiger partial charge is 0.308 e. The number of anilines is 5. The van der Waals surface area contributed by atoms with Gasteiger partial charge in [-0.15, -0.1) is 22.7 Å². The molecule has 3 atom stereocenters. The lowest BCUT2D eigenvalue weighted by atomic mass is 9.89. The number of nitrogens with zero attached hydrogens (tertiary/aromatic N) is 3. The third kappa shape index (κ3) is 20.4. The van der Waals surface area contributed by atoms with Gasteiger partial charge in [-0.3, -0.25) is 47.9 Å². The molecule has 1 fully saturated rings. The van der Waals surface area contributed by atoms with Crippen LogP contribution in [-0.2, 0) is 63.1 Å². The highest BCUT2D eigenvalue weighted by atomic mass is 32.2. The Morgan fingerprint density at radius 3 is 1.42 bits per heavy atom. The molecule has 424 valence electrons. The molecule has 3 heterocycles. The zero-order valence-corrected chi connectivity index (χ0v) is 48.5. The number of imide groups is 1. The number of aromatic nitrogens is 2. The molecular weight excluding hydrogens is 1090 g/mol. The minimum atomic E-state index is -3.68. The van der Waals surface area contributed by atoms with Gasteiger partial charge in [-0.05, 0) is 79.9 Å². The maximum atomic E-state index is 12.2. The average molecular weight is 1160 g/mol. The van der Waals surface area contributed by atoms with Crippen molar-refractivity contribution < 1.29 is 65.0 Å². The van der Waals surface area contributed by atoms with E-state index in [-0.39, 0.29) is 83.2 Å². The summed E-state index contributed by atoms with van der Waals surface area (Å²) >= 11 is 2.41. The van der Waals surface area contributed by atoms with Gasteiger partial charge in [-0.1, -0.05) is 87.4 Å². The van der Waals surface area contributed by atoms with Crippen LogP contribution in [-0.4, -0.2) is 86.7 Å². The number of esters is 2. The minimum absolute atomic E-state index is 0.00197. The molecule has 6 rings (SSSR count). The molecule has 1 saturated heterocycles. The summed E-state index contributed by atoms with van der Waals surface area (Å²) in [7, 11) is -7.35. The number of carboxylic acids is 1. The lowest BCUT2D eigenvalue weighted by molar-refractivity contribution is -0.155. The van der Waals surface area contributed by atoms with Crippen molar-refractivity contribution in [3.05, 3.63) is 102 Å². The predicted octanol–water partition coefficient (Wildman–Crippen LogP) is 9.45. The Morgan fingerprint density at radius 2 is 1.06 bits per heavy atom. The van der Waals surface area contributed by atoms with Crippen molar-refractivity contribution in [3.8, 4) is 0 Å². The van der Waals surface area contributed by atoms with Crippen LogP contribution in [0, 0.1) is 28.6 Å². The van der Waals surface area contributed by atoms with Gasteiger partial charge in [0.15, 0.2) is 10.3 Å². The molecule has 3 aromatic carbocycles. The Bertz CT molecular complexity index is 2840. The molecule has 78 heavy (non-hydrogen) atoms. The van der Waals surface area contributed by atoms with Gasteiger partial charge in [0.05, 0.1) is 34.2 Å². The van der Waals surface area contributed by atoms with Crippen LogP contribution >= 0.6 is 22.7 Å². The van der Waals surface area contributed by atoms with E-state index in [0.29, 0.717) is 46.6 Å². The molecule has 0 aliphatic carbocycles. The molecule has 4 amide bonds. The van der Waals surface area contributed by atoms with Crippen LogP contribution in [0.3, 0.4) is 0 Å². The van der Waals surface area contributed by atoms with Gasteiger partial charge in [0.2, 0.25) is 23.6 Å². The summed E-state index contributed by atoms with van der Waals surface area (Å²) in [6.45, 7) is 18.5. The summed E-state index contributed by atoms with van der Waals surface area (Å²) in [4.78, 5) is 89.5. The first-order valence-electron chi connectivity index (χ1n) is 24.7. The summed E-state index contributed by atoms with van der Waals surface area (Å²) in [6, 6.07) is 21.1. The first kappa shape index (κ1) is 65.2. The van der Waals surface area contributed by atoms with Crippen molar-refractivity contribution in [2.24, 2.45) is 28.6 Å². The second-order valence-electron chi connectivity index (χ2n) is 18.8. The van der Waals surface area contributed by atoms with E-state index < -0.39 is 42.8 Å². The molecule has 2 aromatic heterocycles. The molecule has 1 aliphatic heterocycles. The number of hydrogen-bond acceptors (Lipinski definition) is 17. The number of hydrogen-bond donors (Lipinski definition) is 5. The van der Waals surface area contributed by atoms with Crippen LogP contribution in [0.4, 0.5) is 27.3 Å². The molecule has 0 radical (unpaired) electrons. The zero-order valence-electron chi connectivity index (χ0n) is 45.2. The van der Waals surface area contributed by atoms with Crippen LogP contribution in [0.15, 0.2) is 112 Å². The van der Waals surface area contributed by atoms with Crippen LogP contribution in [0.2, 0.25) is 0 Å². The Morgan fingerprint density at radius 1 is 0.654 bits per heavy atom. The van der Waals surface area contributed by atoms with E-state index in [4.69, 9.17) is 9.84 Å². The number of thiazole rings is 2. The Labute approximate surface area is 464 Å². The van der Waals surface area contributed by atoms with Crippen molar-refractivity contribution in [2.75, 3.05) is 38.2 Å². The molecule has 0 spiro atoms. The Balaban J connectivity index is 0.000000278. The van der Waals surface area contributed by atoms with E-state index in [2.05, 4.69) is 34.8 Å². The maximum Gasteiger partial charge on any atom is 0.308 e. The molecule has 0 bridgehead atoms. The number of carboxylic acid groups (broad SMARTS) is 1. The van der Waals surface area contributed by atoms with Gasteiger partial charge in [0.25, 0.3) is 20.0 Å². The zero-order chi connectivity index (χ0) is 58.4. The van der Waals surface area contributed by atoms with E-state index in [0.717, 1.165) is 0 Å². The minimum Gasteiger partial charge on any atom is -0.481 e. The fraction of sp³-hybridized carbons (Fsp3) is 0.415. The molecule has 25 heteroatoms. The van der Waals surface area contributed by atoms with Crippen LogP contribution in [0.5, 0.6) is 0 Å². The first-order chi connectivity index (χ1) is 36.6. The predicted molar refractivity (Wildman–Crippen MR) is 300 cm³/mol. The number of carbonyl (C=O) groups is 7. The summed E-state index contributed by atoms with van der Waals surface area (Å²) in [6.07, 6.45) is 4.73. The van der Waals surface area contributed by atoms with Gasteiger partial charge in [0.1, 0.15) is 13.2 Å². The Kier molecular flexibility index (Phi) is 25.2. The summed E-state index contributed by atoms with van der Waals surface area (Å²) in [5.74, 6) is -2.97. The lowest BCUT2D eigenvalue weighted by Gasteiger charge is -2.21. The maximum absolute atomic E-state index is 12.2. The van der Waals surface area contributed by atoms with Gasteiger partial charge in [-0.25, -0.2) is 26.8 Å². The van der Waals surface area contributed by atoms with Gasteiger partial charge in [0, 0.05) is 57.2 Å². The fourth-order valence-corrected chi connectivity index (χ4v) is 9.49. The monoisotopic (exact) mass is 1160 g/mol. The van der Waals surface area contributed by atoms with Crippen molar-refractivity contribution >= 4 is 112 Å². The van der Waals surface area contributed by atoms with Crippen molar-refractivity contribution in [1.29, 1.82) is 0 Å². The molecule has 21 nitrogen and oxygen atoms in total. The average Bonchev–Trinajstić information content (AvgIpc) is 4.18. The highest BCUT2D eigenvalue weighted by Crippen LogP contribution is 2.30. The number of nitrogens with one attached hydrogen (secondary N) is 4. The van der Waals surface area contributed by atoms with Crippen molar-refractivity contribution in [3.63, 3.8) is 0 Å². The number of rotatable bonds is 21. The van der Waals surface area contributed by atoms with Gasteiger partial charge in [-0.2, -0.15) is 0 Å². The number of amides is 4. The van der Waals surface area contributed by atoms with Crippen LogP contribution in [0.1, 0.15) is 101 Å². The number of benzene rings is 3. The van der Waals surface area contributed by atoms with Gasteiger partial charge >= 0.3 is 17.9 Å². The standard InChI is InChI=1S/2C15H19N3O3S2.C12H13NO2.C11H18O6/c2*1-4-15(2,3)13(19)17-11-5-7-12(8-6-11)23(20,21)18-14-16-9-10-22-14;1-8-9(2)12(15)13(11(8)14)10-6-4-3-5-7-10;1-3-8(2)11(15)17-7-6-16-10(14)5-4-9(12)13/h2*5-10H,4H2,1-3H3,(H,16,18)(H,17,19);3-9H,1-2H3;8H,3-7H2,1-2H3,(H,12,13)/t;;8-,9+;8-/m...0/s1. The van der Waals surface area contributed by atoms with E-state index >= 15 is 0 Å². The molecule has 5 N–H and O–H groups in total. The number of aliphatic carboxylic acids is 1. The van der Waals surface area contributed by atoms with E-state index in [1.54, 1.807) is 67.9 Å². The molecule has 0 unspecified atom stereocenters. The molecule has 5 aromatic rings. The normalized spacial score (nSPS) is 14.6. The quantitative estimate of drug-likeness (QED) is 0.0259. The second-order valence-corrected chi connectivity index (χ2v) is 24.0. The Hall–Kier alpha value is -7.09. The fourth-order valence-electron chi connectivity index (χ4n) is 5.91. The third-order valence-corrected chi connectivity index (χ3v) is 16.6. The topological polar surface area (TPSA) is 304 Å². The number of ether oxygens (including phenoxy) is 2. The number of para-hydroxylation sites is 1. The lowest BCUT2D eigenvalue weighted by Crippen LogP contribution is -2.30. The third-order valence-electron chi connectivity index (χ3n) is 12.3. The van der Waals surface area contributed by atoms with Gasteiger partial charge < -0.3 is 25.2 Å². The van der Waals surface area contributed by atoms with E-state index in [9.17, 15) is 50.4 Å². The summed E-state index contributed by atoms with van der Waals surface area (Å²) < 4.78 is 63.1. The molecular formula is C53H69N7O14S4. The van der Waals surface area contributed by atoms with E-state index in [1.165, 1.54) is 64.2 Å². The highest BCUT2D eigenvalue weighted by Gasteiger charge is 2.43. The first-order valence-corrected chi connectivity index (χ1v) is 29.5.